The molecule has 1 aromatic heterocycles. The fourth-order valence-electron chi connectivity index (χ4n) is 1.97. The molecule has 20 heavy (non-hydrogen) atoms. The van der Waals surface area contributed by atoms with Gasteiger partial charge in [-0.1, -0.05) is 22.5 Å². The molecule has 104 valence electrons. The first-order valence-corrected chi connectivity index (χ1v) is 7.15. The third-order valence-corrected chi connectivity index (χ3v) is 3.53. The van der Waals surface area contributed by atoms with Gasteiger partial charge in [0.05, 0.1) is 12.2 Å². The molecule has 1 aromatic carbocycles. The predicted molar refractivity (Wildman–Crippen MR) is 83.4 cm³/mol. The number of aryl methyl sites for hydroxylation is 1. The Morgan fingerprint density at radius 3 is 2.70 bits per heavy atom. The van der Waals surface area contributed by atoms with Gasteiger partial charge in [-0.05, 0) is 43.3 Å². The van der Waals surface area contributed by atoms with Crippen LogP contribution in [0.4, 0.5) is 5.69 Å². The number of aromatic nitrogens is 2. The van der Waals surface area contributed by atoms with Gasteiger partial charge in [-0.15, -0.1) is 0 Å². The normalized spacial score (nSPS) is 10.3. The van der Waals surface area contributed by atoms with Crippen molar-refractivity contribution < 1.29 is 4.79 Å². The second kappa shape index (κ2) is 6.52. The van der Waals surface area contributed by atoms with Crippen LogP contribution in [-0.4, -0.2) is 15.7 Å². The zero-order valence-corrected chi connectivity index (χ0v) is 12.9. The van der Waals surface area contributed by atoms with Crippen LogP contribution in [0, 0.1) is 0 Å². The van der Waals surface area contributed by atoms with Gasteiger partial charge in [-0.25, -0.2) is 0 Å². The molecule has 4 nitrogen and oxygen atoms in total. The Hall–Kier alpha value is -1.88. The smallest absolute Gasteiger partial charge is 0.250 e. The van der Waals surface area contributed by atoms with E-state index in [9.17, 15) is 4.79 Å². The molecule has 0 saturated heterocycles. The van der Waals surface area contributed by atoms with Crippen molar-refractivity contribution in [3.63, 3.8) is 0 Å². The molecule has 1 heterocycles. The lowest BCUT2D eigenvalue weighted by Gasteiger charge is -2.21. The van der Waals surface area contributed by atoms with Crippen LogP contribution < -0.4 is 4.90 Å². The second-order valence-corrected chi connectivity index (χ2v) is 5.16. The van der Waals surface area contributed by atoms with Crippen molar-refractivity contribution in [2.45, 2.75) is 20.0 Å². The zero-order valence-electron chi connectivity index (χ0n) is 11.3. The van der Waals surface area contributed by atoms with E-state index in [1.165, 1.54) is 6.08 Å². The van der Waals surface area contributed by atoms with Gasteiger partial charge in [0.1, 0.15) is 0 Å². The number of nitrogens with zero attached hydrogens (tertiary/aromatic N) is 3. The van der Waals surface area contributed by atoms with E-state index in [0.717, 1.165) is 22.4 Å². The summed E-state index contributed by atoms with van der Waals surface area (Å²) >= 11 is 3.39. The van der Waals surface area contributed by atoms with Crippen molar-refractivity contribution in [1.82, 2.24) is 9.78 Å². The summed E-state index contributed by atoms with van der Waals surface area (Å²) in [6.45, 7) is 6.85. The molecule has 0 radical (unpaired) electrons. The molecule has 0 bridgehead atoms. The topological polar surface area (TPSA) is 38.1 Å². The van der Waals surface area contributed by atoms with E-state index in [4.69, 9.17) is 0 Å². The summed E-state index contributed by atoms with van der Waals surface area (Å²) < 4.78 is 2.85. The van der Waals surface area contributed by atoms with Gasteiger partial charge in [-0.3, -0.25) is 9.48 Å². The van der Waals surface area contributed by atoms with Gasteiger partial charge >= 0.3 is 0 Å². The van der Waals surface area contributed by atoms with Crippen molar-refractivity contribution in [2.24, 2.45) is 0 Å². The van der Waals surface area contributed by atoms with Crippen molar-refractivity contribution in [3.05, 3.63) is 59.4 Å². The highest BCUT2D eigenvalue weighted by Crippen LogP contribution is 2.21. The molecule has 0 fully saturated rings. The Morgan fingerprint density at radius 1 is 1.40 bits per heavy atom. The summed E-state index contributed by atoms with van der Waals surface area (Å²) in [6, 6.07) is 9.55. The molecule has 2 rings (SSSR count). The standard InChI is InChI=1S/C15H16BrN3O/c1-3-15(20)18(13-7-5-12(16)6-8-13)11-14-9-10-17-19(14)4-2/h3,5-10H,1,4,11H2,2H3. The summed E-state index contributed by atoms with van der Waals surface area (Å²) in [5.74, 6) is -0.129. The Labute approximate surface area is 126 Å². The van der Waals surface area contributed by atoms with E-state index in [2.05, 4.69) is 27.6 Å². The van der Waals surface area contributed by atoms with E-state index in [1.54, 1.807) is 11.1 Å². The number of rotatable bonds is 5. The number of benzene rings is 1. The largest absolute Gasteiger partial charge is 0.303 e. The molecule has 2 aromatic rings. The number of halogens is 1. The molecule has 0 saturated carbocycles. The average Bonchev–Trinajstić information content (AvgIpc) is 2.92. The van der Waals surface area contributed by atoms with Crippen LogP contribution in [0.25, 0.3) is 0 Å². The number of hydrogen-bond acceptors (Lipinski definition) is 2. The number of anilines is 1. The maximum absolute atomic E-state index is 12.1. The van der Waals surface area contributed by atoms with Crippen LogP contribution in [-0.2, 0) is 17.9 Å². The molecule has 0 unspecified atom stereocenters. The van der Waals surface area contributed by atoms with E-state index in [1.807, 2.05) is 41.9 Å². The van der Waals surface area contributed by atoms with Crippen molar-refractivity contribution >= 4 is 27.5 Å². The number of hydrogen-bond donors (Lipinski definition) is 0. The minimum absolute atomic E-state index is 0.129. The molecule has 0 spiro atoms. The molecule has 1 amide bonds. The Kier molecular flexibility index (Phi) is 4.74. The molecule has 0 aliphatic heterocycles. The monoisotopic (exact) mass is 333 g/mol. The summed E-state index contributed by atoms with van der Waals surface area (Å²) in [7, 11) is 0. The van der Waals surface area contributed by atoms with Gasteiger partial charge in [0.2, 0.25) is 0 Å². The van der Waals surface area contributed by atoms with Crippen molar-refractivity contribution in [2.75, 3.05) is 4.90 Å². The number of carbonyl (C=O) groups is 1. The molecular formula is C15H16BrN3O. The highest BCUT2D eigenvalue weighted by Gasteiger charge is 2.15. The second-order valence-electron chi connectivity index (χ2n) is 4.24. The third-order valence-electron chi connectivity index (χ3n) is 3.00. The van der Waals surface area contributed by atoms with Crippen LogP contribution in [0.15, 0.2) is 53.7 Å². The number of amides is 1. The van der Waals surface area contributed by atoms with Crippen LogP contribution >= 0.6 is 15.9 Å². The van der Waals surface area contributed by atoms with Crippen LogP contribution in [0.3, 0.4) is 0 Å². The van der Waals surface area contributed by atoms with Crippen molar-refractivity contribution in [1.29, 1.82) is 0 Å². The lowest BCUT2D eigenvalue weighted by Crippen LogP contribution is -2.29. The maximum atomic E-state index is 12.1. The first kappa shape index (κ1) is 14.5. The molecular weight excluding hydrogens is 318 g/mol. The highest BCUT2D eigenvalue weighted by molar-refractivity contribution is 9.10. The lowest BCUT2D eigenvalue weighted by atomic mass is 10.2. The summed E-state index contributed by atoms with van der Waals surface area (Å²) in [4.78, 5) is 13.8. The molecule has 0 atom stereocenters. The molecule has 0 aliphatic carbocycles. The molecule has 5 heteroatoms. The molecule has 0 N–H and O–H groups in total. The van der Waals surface area contributed by atoms with Crippen LogP contribution in [0.2, 0.25) is 0 Å². The summed E-state index contributed by atoms with van der Waals surface area (Å²) in [6.07, 6.45) is 3.08. The SMILES string of the molecule is C=CC(=O)N(Cc1ccnn1CC)c1ccc(Br)cc1. The maximum Gasteiger partial charge on any atom is 0.250 e. The van der Waals surface area contributed by atoms with Gasteiger partial charge in [0, 0.05) is 22.9 Å². The van der Waals surface area contributed by atoms with Gasteiger partial charge in [0.15, 0.2) is 0 Å². The third kappa shape index (κ3) is 3.17. The fraction of sp³-hybridized carbons (Fsp3) is 0.200. The average molecular weight is 334 g/mol. The lowest BCUT2D eigenvalue weighted by molar-refractivity contribution is -0.114. The van der Waals surface area contributed by atoms with Crippen LogP contribution in [0.1, 0.15) is 12.6 Å². The van der Waals surface area contributed by atoms with Gasteiger partial charge in [-0.2, -0.15) is 5.10 Å². The molecule has 0 aliphatic rings. The quantitative estimate of drug-likeness (QED) is 0.786. The van der Waals surface area contributed by atoms with Gasteiger partial charge in [0.25, 0.3) is 5.91 Å². The predicted octanol–water partition coefficient (Wildman–Crippen LogP) is 3.38. The van der Waals surface area contributed by atoms with E-state index >= 15 is 0 Å². The highest BCUT2D eigenvalue weighted by atomic mass is 79.9. The number of carbonyl (C=O) groups excluding carboxylic acids is 1. The summed E-state index contributed by atoms with van der Waals surface area (Å²) in [5, 5.41) is 4.23. The zero-order chi connectivity index (χ0) is 14.5. The fourth-order valence-corrected chi connectivity index (χ4v) is 2.23. The Morgan fingerprint density at radius 2 is 2.10 bits per heavy atom. The van der Waals surface area contributed by atoms with E-state index in [-0.39, 0.29) is 5.91 Å². The minimum atomic E-state index is -0.129. The van der Waals surface area contributed by atoms with Crippen LogP contribution in [0.5, 0.6) is 0 Å². The first-order valence-electron chi connectivity index (χ1n) is 6.36. The van der Waals surface area contributed by atoms with E-state index in [0.29, 0.717) is 6.54 Å². The van der Waals surface area contributed by atoms with Crippen molar-refractivity contribution in [3.8, 4) is 0 Å². The first-order chi connectivity index (χ1) is 9.65. The minimum Gasteiger partial charge on any atom is -0.303 e. The summed E-state index contributed by atoms with van der Waals surface area (Å²) in [5.41, 5.74) is 1.83. The van der Waals surface area contributed by atoms with Gasteiger partial charge < -0.3 is 4.90 Å². The van der Waals surface area contributed by atoms with E-state index < -0.39 is 0 Å². The Balaban J connectivity index is 2.31. The Bertz CT molecular complexity index is 604.